The molecule has 4 heteroatoms. The average Bonchev–Trinajstić information content (AvgIpc) is 2.46. The number of hydrogen-bond acceptors (Lipinski definition) is 2. The van der Waals surface area contributed by atoms with Gasteiger partial charge in [0.15, 0.2) is 0 Å². The number of nitrogens with one attached hydrogen (secondary N) is 1. The third-order valence-electron chi connectivity index (χ3n) is 4.30. The number of hydrogen-bond donors (Lipinski definition) is 1. The summed E-state index contributed by atoms with van der Waals surface area (Å²) in [7, 11) is 1.55. The van der Waals surface area contributed by atoms with Crippen molar-refractivity contribution in [2.45, 2.75) is 64.3 Å². The predicted molar refractivity (Wildman–Crippen MR) is 91.0 cm³/mol. The van der Waals surface area contributed by atoms with E-state index in [0.717, 1.165) is 18.4 Å². The van der Waals surface area contributed by atoms with Gasteiger partial charge in [-0.15, -0.1) is 0 Å². The monoisotopic (exact) mass is 323 g/mol. The van der Waals surface area contributed by atoms with Gasteiger partial charge in [-0.2, -0.15) is 0 Å². The Morgan fingerprint density at radius 1 is 1.23 bits per heavy atom. The van der Waals surface area contributed by atoms with E-state index in [1.54, 1.807) is 7.11 Å². The van der Waals surface area contributed by atoms with Gasteiger partial charge in [0.2, 0.25) is 0 Å². The van der Waals surface area contributed by atoms with Gasteiger partial charge in [-0.1, -0.05) is 51.6 Å². The highest BCUT2D eigenvalue weighted by Crippen LogP contribution is 2.35. The van der Waals surface area contributed by atoms with Gasteiger partial charge in [0.25, 0.3) is 5.91 Å². The number of methoxy groups -OCH3 is 1. The molecule has 122 valence electrons. The second-order valence-corrected chi connectivity index (χ2v) is 7.50. The Labute approximate surface area is 138 Å². The smallest absolute Gasteiger partial charge is 0.255 e. The SMILES string of the molecule is COc1c(Cl)cc(C(C)(C)C)cc1C(=O)NC1CCCCC1. The van der Waals surface area contributed by atoms with Gasteiger partial charge in [0, 0.05) is 6.04 Å². The molecular formula is C18H26ClNO2. The molecule has 1 aromatic rings. The minimum atomic E-state index is -0.0863. The molecule has 1 aromatic carbocycles. The Balaban J connectivity index is 2.30. The highest BCUT2D eigenvalue weighted by molar-refractivity contribution is 6.32. The lowest BCUT2D eigenvalue weighted by Crippen LogP contribution is -2.36. The number of rotatable bonds is 3. The van der Waals surface area contributed by atoms with Gasteiger partial charge in [-0.3, -0.25) is 4.79 Å². The minimum Gasteiger partial charge on any atom is -0.494 e. The molecule has 0 aromatic heterocycles. The van der Waals surface area contributed by atoms with Crippen LogP contribution in [0.1, 0.15) is 68.8 Å². The van der Waals surface area contributed by atoms with E-state index in [9.17, 15) is 4.79 Å². The van der Waals surface area contributed by atoms with Crippen LogP contribution in [0.3, 0.4) is 0 Å². The maximum Gasteiger partial charge on any atom is 0.255 e. The van der Waals surface area contributed by atoms with Crippen LogP contribution in [0.2, 0.25) is 5.02 Å². The van der Waals surface area contributed by atoms with Crippen molar-refractivity contribution in [2.24, 2.45) is 0 Å². The molecule has 0 heterocycles. The summed E-state index contributed by atoms with van der Waals surface area (Å²) in [5, 5.41) is 3.63. The van der Waals surface area contributed by atoms with Gasteiger partial charge in [-0.25, -0.2) is 0 Å². The van der Waals surface area contributed by atoms with E-state index in [4.69, 9.17) is 16.3 Å². The zero-order chi connectivity index (χ0) is 16.3. The number of amides is 1. The summed E-state index contributed by atoms with van der Waals surface area (Å²) >= 11 is 6.32. The van der Waals surface area contributed by atoms with Crippen molar-refractivity contribution in [3.8, 4) is 5.75 Å². The largest absolute Gasteiger partial charge is 0.494 e. The molecule has 0 unspecified atom stereocenters. The van der Waals surface area contributed by atoms with Crippen LogP contribution in [0.4, 0.5) is 0 Å². The molecule has 0 radical (unpaired) electrons. The Morgan fingerprint density at radius 2 is 1.86 bits per heavy atom. The Hall–Kier alpha value is -1.22. The lowest BCUT2D eigenvalue weighted by Gasteiger charge is -2.25. The molecule has 0 aliphatic heterocycles. The normalized spacial score (nSPS) is 16.4. The molecule has 1 fully saturated rings. The number of halogens is 1. The first-order valence-electron chi connectivity index (χ1n) is 8.02. The summed E-state index contributed by atoms with van der Waals surface area (Å²) in [5.41, 5.74) is 1.49. The van der Waals surface area contributed by atoms with E-state index in [1.165, 1.54) is 19.3 Å². The highest BCUT2D eigenvalue weighted by Gasteiger charge is 2.24. The molecule has 1 aliphatic carbocycles. The van der Waals surface area contributed by atoms with Crippen molar-refractivity contribution in [3.05, 3.63) is 28.3 Å². The standard InChI is InChI=1S/C18H26ClNO2/c1-18(2,3)12-10-14(16(22-4)15(19)11-12)17(21)20-13-8-6-5-7-9-13/h10-11,13H,5-9H2,1-4H3,(H,20,21). The van der Waals surface area contributed by atoms with Crippen LogP contribution in [0.25, 0.3) is 0 Å². The molecule has 1 amide bonds. The molecule has 1 N–H and O–H groups in total. The maximum atomic E-state index is 12.7. The third kappa shape index (κ3) is 3.95. The fourth-order valence-corrected chi connectivity index (χ4v) is 3.21. The topological polar surface area (TPSA) is 38.3 Å². The van der Waals surface area contributed by atoms with Crippen LogP contribution < -0.4 is 10.1 Å². The van der Waals surface area contributed by atoms with Crippen LogP contribution in [0, 0.1) is 0 Å². The Bertz CT molecular complexity index is 543. The number of benzene rings is 1. The van der Waals surface area contributed by atoms with Crippen molar-refractivity contribution in [2.75, 3.05) is 7.11 Å². The lowest BCUT2D eigenvalue weighted by molar-refractivity contribution is 0.0924. The zero-order valence-electron chi connectivity index (χ0n) is 14.0. The van der Waals surface area contributed by atoms with Crippen molar-refractivity contribution < 1.29 is 9.53 Å². The van der Waals surface area contributed by atoms with E-state index in [0.29, 0.717) is 16.3 Å². The van der Waals surface area contributed by atoms with Crippen molar-refractivity contribution in [1.82, 2.24) is 5.32 Å². The average molecular weight is 324 g/mol. The fraction of sp³-hybridized carbons (Fsp3) is 0.611. The molecular weight excluding hydrogens is 298 g/mol. The van der Waals surface area contributed by atoms with Crippen LogP contribution in [0.15, 0.2) is 12.1 Å². The second kappa shape index (κ2) is 6.91. The van der Waals surface area contributed by atoms with Gasteiger partial charge >= 0.3 is 0 Å². The maximum absolute atomic E-state index is 12.7. The van der Waals surface area contributed by atoms with E-state index < -0.39 is 0 Å². The lowest BCUT2D eigenvalue weighted by atomic mass is 9.86. The summed E-state index contributed by atoms with van der Waals surface area (Å²) in [6.45, 7) is 6.32. The summed E-state index contributed by atoms with van der Waals surface area (Å²) in [6, 6.07) is 4.06. The molecule has 0 spiro atoms. The van der Waals surface area contributed by atoms with Crippen LogP contribution in [-0.2, 0) is 5.41 Å². The van der Waals surface area contributed by atoms with Crippen LogP contribution in [0.5, 0.6) is 5.75 Å². The molecule has 0 saturated heterocycles. The van der Waals surface area contributed by atoms with E-state index in [1.807, 2.05) is 12.1 Å². The number of ether oxygens (including phenoxy) is 1. The van der Waals surface area contributed by atoms with Crippen molar-refractivity contribution in [1.29, 1.82) is 0 Å². The third-order valence-corrected chi connectivity index (χ3v) is 4.58. The van der Waals surface area contributed by atoms with E-state index in [2.05, 4.69) is 26.1 Å². The Morgan fingerprint density at radius 3 is 2.41 bits per heavy atom. The zero-order valence-corrected chi connectivity index (χ0v) is 14.7. The van der Waals surface area contributed by atoms with Gasteiger partial charge in [-0.05, 0) is 36.0 Å². The van der Waals surface area contributed by atoms with Crippen molar-refractivity contribution >= 4 is 17.5 Å². The van der Waals surface area contributed by atoms with Gasteiger partial charge in [0.1, 0.15) is 5.75 Å². The first-order valence-corrected chi connectivity index (χ1v) is 8.39. The first kappa shape index (κ1) is 17.1. The molecule has 1 aliphatic rings. The second-order valence-electron chi connectivity index (χ2n) is 7.10. The minimum absolute atomic E-state index is 0.0736. The summed E-state index contributed by atoms with van der Waals surface area (Å²) in [6.07, 6.45) is 5.75. The first-order chi connectivity index (χ1) is 10.3. The molecule has 0 atom stereocenters. The highest BCUT2D eigenvalue weighted by atomic mass is 35.5. The summed E-state index contributed by atoms with van der Waals surface area (Å²) in [5.74, 6) is 0.375. The van der Waals surface area contributed by atoms with Crippen LogP contribution >= 0.6 is 11.6 Å². The summed E-state index contributed by atoms with van der Waals surface area (Å²) in [4.78, 5) is 12.7. The quantitative estimate of drug-likeness (QED) is 0.875. The van der Waals surface area contributed by atoms with Crippen LogP contribution in [-0.4, -0.2) is 19.1 Å². The van der Waals surface area contributed by atoms with Crippen molar-refractivity contribution in [3.63, 3.8) is 0 Å². The van der Waals surface area contributed by atoms with Gasteiger partial charge < -0.3 is 10.1 Å². The molecule has 22 heavy (non-hydrogen) atoms. The Kier molecular flexibility index (Phi) is 5.38. The number of carbonyl (C=O) groups is 1. The fourth-order valence-electron chi connectivity index (χ4n) is 2.91. The molecule has 3 nitrogen and oxygen atoms in total. The molecule has 1 saturated carbocycles. The van der Waals surface area contributed by atoms with E-state index >= 15 is 0 Å². The van der Waals surface area contributed by atoms with Gasteiger partial charge in [0.05, 0.1) is 17.7 Å². The molecule has 2 rings (SSSR count). The summed E-state index contributed by atoms with van der Waals surface area (Å²) < 4.78 is 5.36. The number of carbonyl (C=O) groups excluding carboxylic acids is 1. The molecule has 0 bridgehead atoms. The predicted octanol–water partition coefficient (Wildman–Crippen LogP) is 4.71. The van der Waals surface area contributed by atoms with E-state index in [-0.39, 0.29) is 17.4 Å².